The summed E-state index contributed by atoms with van der Waals surface area (Å²) >= 11 is 1.02. The summed E-state index contributed by atoms with van der Waals surface area (Å²) in [6, 6.07) is 15.5. The molecule has 2 aliphatic heterocycles. The molecule has 2 saturated heterocycles. The third-order valence-electron chi connectivity index (χ3n) is 6.75. The third kappa shape index (κ3) is 4.65. The van der Waals surface area contributed by atoms with Crippen molar-refractivity contribution < 1.29 is 18.1 Å². The van der Waals surface area contributed by atoms with Crippen molar-refractivity contribution in [2.24, 2.45) is 5.92 Å². The fourth-order valence-corrected chi connectivity index (χ4v) is 7.06. The number of carbonyl (C=O) groups is 1. The molecular weight excluding hydrogens is 458 g/mol. The Bertz CT molecular complexity index is 1220. The molecule has 2 aliphatic rings. The summed E-state index contributed by atoms with van der Waals surface area (Å²) in [5.74, 6) is 0.0699. The zero-order valence-electron chi connectivity index (χ0n) is 18.4. The molecule has 0 aliphatic carbocycles. The van der Waals surface area contributed by atoms with Crippen LogP contribution < -0.4 is 4.90 Å². The van der Waals surface area contributed by atoms with Crippen molar-refractivity contribution in [3.05, 3.63) is 54.1 Å². The predicted octanol–water partition coefficient (Wildman–Crippen LogP) is 1.02. The van der Waals surface area contributed by atoms with Crippen LogP contribution in [0.2, 0.25) is 0 Å². The Kier molecular flexibility index (Phi) is 6.42. The van der Waals surface area contributed by atoms with Crippen molar-refractivity contribution in [3.8, 4) is 0 Å². The van der Waals surface area contributed by atoms with Crippen LogP contribution in [0, 0.1) is 5.92 Å². The largest absolute Gasteiger partial charge is 0.331 e. The first-order valence-corrected chi connectivity index (χ1v) is 13.6. The minimum absolute atomic E-state index is 0.108. The molecule has 0 radical (unpaired) electrons. The number of piperazine rings is 1. The number of hydrogen-bond donors (Lipinski definition) is 1. The van der Waals surface area contributed by atoms with Crippen LogP contribution in [0.1, 0.15) is 18.4 Å². The van der Waals surface area contributed by atoms with Crippen LogP contribution >= 0.6 is 11.7 Å². The predicted molar refractivity (Wildman–Crippen MR) is 126 cm³/mol. The molecule has 1 N–H and O–H groups in total. The van der Waals surface area contributed by atoms with Crippen LogP contribution in [0.15, 0.2) is 53.4 Å². The van der Waals surface area contributed by atoms with Gasteiger partial charge in [0.15, 0.2) is 0 Å². The Morgan fingerprint density at radius 1 is 0.970 bits per heavy atom. The van der Waals surface area contributed by atoms with Gasteiger partial charge in [-0.15, -0.1) is 0 Å². The van der Waals surface area contributed by atoms with E-state index in [2.05, 4.69) is 33.0 Å². The number of amides is 1. The van der Waals surface area contributed by atoms with Crippen LogP contribution in [0.5, 0.6) is 0 Å². The van der Waals surface area contributed by atoms with Crippen molar-refractivity contribution in [1.82, 2.24) is 18.0 Å². The van der Waals surface area contributed by atoms with Crippen LogP contribution in [-0.4, -0.2) is 71.5 Å². The number of carbonyl (C=O) groups excluding carboxylic acids is 1. The van der Waals surface area contributed by atoms with Gasteiger partial charge in [-0.25, -0.2) is 8.42 Å². The average Bonchev–Trinajstić information content (AvgIpc) is 3.34. The molecule has 1 aromatic heterocycles. The van der Waals surface area contributed by atoms with E-state index in [0.29, 0.717) is 37.0 Å². The fourth-order valence-electron chi connectivity index (χ4n) is 4.83. The van der Waals surface area contributed by atoms with Gasteiger partial charge in [-0.1, -0.05) is 36.4 Å². The lowest BCUT2D eigenvalue weighted by molar-refractivity contribution is -0.917. The molecule has 1 amide bonds. The van der Waals surface area contributed by atoms with Gasteiger partial charge in [-0.2, -0.15) is 13.1 Å². The van der Waals surface area contributed by atoms with Gasteiger partial charge in [0.25, 0.3) is 0 Å². The van der Waals surface area contributed by atoms with E-state index in [0.717, 1.165) is 44.5 Å². The molecule has 2 fully saturated rings. The van der Waals surface area contributed by atoms with Gasteiger partial charge >= 0.3 is 0 Å². The van der Waals surface area contributed by atoms with Gasteiger partial charge in [0, 0.05) is 24.6 Å². The second kappa shape index (κ2) is 9.46. The second-order valence-corrected chi connectivity index (χ2v) is 11.2. The lowest BCUT2D eigenvalue weighted by Crippen LogP contribution is -3.13. The number of fused-ring (bicyclic) bond motifs is 1. The van der Waals surface area contributed by atoms with Gasteiger partial charge in [-0.05, 0) is 25.0 Å². The highest BCUT2D eigenvalue weighted by Crippen LogP contribution is 2.28. The van der Waals surface area contributed by atoms with E-state index in [4.69, 9.17) is 0 Å². The molecule has 8 nitrogen and oxygen atoms in total. The summed E-state index contributed by atoms with van der Waals surface area (Å²) in [7, 11) is -3.66. The smallest absolute Gasteiger partial charge is 0.245 e. The summed E-state index contributed by atoms with van der Waals surface area (Å²) in [6.45, 7) is 5.11. The number of piperidine rings is 1. The second-order valence-electron chi connectivity index (χ2n) is 8.80. The lowest BCUT2D eigenvalue weighted by atomic mass is 9.96. The SMILES string of the molecule is O=C(C1CCN(S(=O)(=O)c2cccc3nsnc23)CC1)N1CC[NH+](Cc2ccccc2)CC1. The Balaban J connectivity index is 1.16. The Morgan fingerprint density at radius 2 is 1.70 bits per heavy atom. The van der Waals surface area contributed by atoms with Crippen molar-refractivity contribution in [3.63, 3.8) is 0 Å². The molecule has 174 valence electrons. The molecule has 10 heteroatoms. The molecule has 0 unspecified atom stereocenters. The highest BCUT2D eigenvalue weighted by Gasteiger charge is 2.36. The van der Waals surface area contributed by atoms with Gasteiger partial charge in [0.05, 0.1) is 37.9 Å². The van der Waals surface area contributed by atoms with E-state index >= 15 is 0 Å². The van der Waals surface area contributed by atoms with Crippen molar-refractivity contribution in [1.29, 1.82) is 0 Å². The summed E-state index contributed by atoms with van der Waals surface area (Å²) < 4.78 is 36.3. The number of nitrogens with zero attached hydrogens (tertiary/aromatic N) is 4. The Hall–Kier alpha value is -2.40. The molecule has 0 atom stereocenters. The van der Waals surface area contributed by atoms with Gasteiger partial charge < -0.3 is 9.80 Å². The van der Waals surface area contributed by atoms with Crippen molar-refractivity contribution in [2.75, 3.05) is 39.3 Å². The quantitative estimate of drug-likeness (QED) is 0.582. The van der Waals surface area contributed by atoms with E-state index in [9.17, 15) is 13.2 Å². The highest BCUT2D eigenvalue weighted by atomic mass is 32.2. The van der Waals surface area contributed by atoms with Gasteiger partial charge in [0.1, 0.15) is 22.5 Å². The summed E-state index contributed by atoms with van der Waals surface area (Å²) in [5.41, 5.74) is 2.35. The van der Waals surface area contributed by atoms with E-state index in [1.165, 1.54) is 14.8 Å². The standard InChI is InChI=1S/C23H27N5O3S2/c29-23(27-15-13-26(14-16-27)17-18-5-2-1-3-6-18)19-9-11-28(12-10-19)33(30,31)21-8-4-7-20-22(21)25-32-24-20/h1-8,19H,9-17H2/p+1. The van der Waals surface area contributed by atoms with Crippen molar-refractivity contribution in [2.45, 2.75) is 24.3 Å². The average molecular weight is 487 g/mol. The highest BCUT2D eigenvalue weighted by molar-refractivity contribution is 7.89. The van der Waals surface area contributed by atoms with Gasteiger partial charge in [-0.3, -0.25) is 4.79 Å². The molecule has 3 heterocycles. The van der Waals surface area contributed by atoms with E-state index in [1.54, 1.807) is 18.2 Å². The zero-order valence-corrected chi connectivity index (χ0v) is 20.0. The summed E-state index contributed by atoms with van der Waals surface area (Å²) in [4.78, 5) is 16.8. The molecule has 5 rings (SSSR count). The summed E-state index contributed by atoms with van der Waals surface area (Å²) in [5, 5.41) is 0. The van der Waals surface area contributed by atoms with E-state index in [-0.39, 0.29) is 16.7 Å². The maximum atomic E-state index is 13.2. The first-order chi connectivity index (χ1) is 16.0. The van der Waals surface area contributed by atoms with Gasteiger partial charge in [0.2, 0.25) is 15.9 Å². The first kappa shape index (κ1) is 22.4. The Labute approximate surface area is 198 Å². The Morgan fingerprint density at radius 3 is 2.42 bits per heavy atom. The van der Waals surface area contributed by atoms with Crippen LogP contribution in [-0.2, 0) is 21.4 Å². The third-order valence-corrected chi connectivity index (χ3v) is 9.22. The molecule has 0 spiro atoms. The first-order valence-electron chi connectivity index (χ1n) is 11.4. The zero-order chi connectivity index (χ0) is 22.8. The number of sulfonamides is 1. The van der Waals surface area contributed by atoms with Crippen LogP contribution in [0.4, 0.5) is 0 Å². The lowest BCUT2D eigenvalue weighted by Gasteiger charge is -2.36. The number of aromatic nitrogens is 2. The maximum Gasteiger partial charge on any atom is 0.245 e. The van der Waals surface area contributed by atoms with Crippen LogP contribution in [0.25, 0.3) is 11.0 Å². The molecule has 0 bridgehead atoms. The molecule has 33 heavy (non-hydrogen) atoms. The topological polar surface area (TPSA) is 87.9 Å². The number of rotatable bonds is 5. The van der Waals surface area contributed by atoms with Crippen molar-refractivity contribution >= 4 is 38.7 Å². The molecule has 0 saturated carbocycles. The number of hydrogen-bond acceptors (Lipinski definition) is 6. The molecular formula is C23H28N5O3S2+. The van der Waals surface area contributed by atoms with E-state index in [1.807, 2.05) is 11.0 Å². The van der Waals surface area contributed by atoms with Crippen LogP contribution in [0.3, 0.4) is 0 Å². The molecule has 2 aromatic carbocycles. The minimum atomic E-state index is -3.66. The number of nitrogens with one attached hydrogen (secondary N) is 1. The number of benzene rings is 2. The molecule has 3 aromatic rings. The summed E-state index contributed by atoms with van der Waals surface area (Å²) in [6.07, 6.45) is 1.11. The maximum absolute atomic E-state index is 13.2. The van der Waals surface area contributed by atoms with E-state index < -0.39 is 10.0 Å². The normalized spacial score (nSPS) is 19.2. The fraction of sp³-hybridized carbons (Fsp3) is 0.435. The minimum Gasteiger partial charge on any atom is -0.331 e. The monoisotopic (exact) mass is 486 g/mol. The number of quaternary nitrogens is 1.